The summed E-state index contributed by atoms with van der Waals surface area (Å²) < 4.78 is 38.3. The van der Waals surface area contributed by atoms with Gasteiger partial charge >= 0.3 is 6.18 Å². The van der Waals surface area contributed by atoms with E-state index in [0.29, 0.717) is 29.7 Å². The number of aromatic nitrogens is 2. The monoisotopic (exact) mass is 389 g/mol. The minimum atomic E-state index is -4.73. The van der Waals surface area contributed by atoms with Crippen molar-refractivity contribution < 1.29 is 18.0 Å². The molecule has 0 spiro atoms. The molecule has 0 saturated carbocycles. The lowest BCUT2D eigenvalue weighted by Crippen LogP contribution is -2.28. The first-order valence-electron chi connectivity index (χ1n) is 7.17. The van der Waals surface area contributed by atoms with E-state index in [9.17, 15) is 22.8 Å². The summed E-state index contributed by atoms with van der Waals surface area (Å²) in [6, 6.07) is 7.20. The van der Waals surface area contributed by atoms with E-state index < -0.39 is 22.7 Å². The van der Waals surface area contributed by atoms with Crippen LogP contribution in [0, 0.1) is 0 Å². The number of nitrogens with zero attached hydrogens (tertiary/aromatic N) is 2. The first-order valence-corrected chi connectivity index (χ1v) is 8.42. The van der Waals surface area contributed by atoms with Gasteiger partial charge in [0.05, 0.1) is 16.0 Å². The molecule has 2 heterocycles. The first kappa shape index (κ1) is 17.8. The van der Waals surface area contributed by atoms with Crippen LogP contribution in [-0.2, 0) is 11.0 Å². The lowest BCUT2D eigenvalue weighted by Gasteiger charge is -2.18. The number of rotatable bonds is 3. The molecule has 0 radical (unpaired) electrons. The number of para-hydroxylation sites is 1. The van der Waals surface area contributed by atoms with Crippen molar-refractivity contribution in [2.75, 3.05) is 11.4 Å². The highest BCUT2D eigenvalue weighted by molar-refractivity contribution is 8.00. The van der Waals surface area contributed by atoms with Crippen LogP contribution in [0.3, 0.4) is 0 Å². The van der Waals surface area contributed by atoms with Crippen LogP contribution < -0.4 is 10.5 Å². The Kier molecular flexibility index (Phi) is 4.79. The van der Waals surface area contributed by atoms with E-state index >= 15 is 0 Å². The van der Waals surface area contributed by atoms with Gasteiger partial charge in [-0.1, -0.05) is 35.5 Å². The predicted molar refractivity (Wildman–Crippen MR) is 87.9 cm³/mol. The third kappa shape index (κ3) is 3.82. The summed E-state index contributed by atoms with van der Waals surface area (Å²) in [6.07, 6.45) is -4.33. The number of halogens is 4. The Morgan fingerprint density at radius 1 is 1.28 bits per heavy atom. The van der Waals surface area contributed by atoms with E-state index in [1.54, 1.807) is 24.3 Å². The summed E-state index contributed by atoms with van der Waals surface area (Å²) in [4.78, 5) is 31.1. The van der Waals surface area contributed by atoms with Crippen molar-refractivity contribution in [2.24, 2.45) is 0 Å². The van der Waals surface area contributed by atoms with Gasteiger partial charge in [0, 0.05) is 12.6 Å². The molecule has 25 heavy (non-hydrogen) atoms. The number of carbonyl (C=O) groups excluding carboxylic acids is 1. The van der Waals surface area contributed by atoms with E-state index in [1.807, 2.05) is 0 Å². The van der Waals surface area contributed by atoms with E-state index in [0.717, 1.165) is 11.8 Å². The quantitative estimate of drug-likeness (QED) is 0.818. The highest BCUT2D eigenvalue weighted by Gasteiger charge is 2.36. The molecule has 1 fully saturated rings. The zero-order valence-electron chi connectivity index (χ0n) is 12.5. The van der Waals surface area contributed by atoms with Crippen LogP contribution in [0.1, 0.15) is 12.1 Å². The number of nitrogens with one attached hydrogen (secondary N) is 1. The molecular weight excluding hydrogens is 379 g/mol. The van der Waals surface area contributed by atoms with Gasteiger partial charge in [-0.05, 0) is 18.6 Å². The van der Waals surface area contributed by atoms with E-state index in [-0.39, 0.29) is 11.1 Å². The summed E-state index contributed by atoms with van der Waals surface area (Å²) in [5.41, 5.74) is -1.66. The van der Waals surface area contributed by atoms with Crippen molar-refractivity contribution in [3.05, 3.63) is 51.4 Å². The Balaban J connectivity index is 1.81. The standard InChI is InChI=1S/C15H11ClF3N3O2S/c16-8-3-1-2-4-9(8)22-6-5-10(13(22)24)25-14-20-11(15(17,18)19)7-12(23)21-14/h1-4,7,10H,5-6H2,(H,20,21,23). The molecule has 3 rings (SSSR count). The number of H-pyrrole nitrogens is 1. The molecule has 1 aliphatic heterocycles. The van der Waals surface area contributed by atoms with Gasteiger partial charge in [0.2, 0.25) is 5.91 Å². The lowest BCUT2D eigenvalue weighted by atomic mass is 10.3. The number of hydrogen-bond donors (Lipinski definition) is 1. The highest BCUT2D eigenvalue weighted by atomic mass is 35.5. The van der Waals surface area contributed by atoms with Crippen LogP contribution in [0.5, 0.6) is 0 Å². The summed E-state index contributed by atoms with van der Waals surface area (Å²) in [5, 5.41) is -0.478. The van der Waals surface area contributed by atoms with Gasteiger partial charge < -0.3 is 9.88 Å². The molecule has 132 valence electrons. The topological polar surface area (TPSA) is 66.1 Å². The number of carbonyl (C=O) groups is 1. The summed E-state index contributed by atoms with van der Waals surface area (Å²) in [5.74, 6) is -0.293. The molecule has 1 aromatic carbocycles. The van der Waals surface area contributed by atoms with Gasteiger partial charge in [0.15, 0.2) is 10.9 Å². The fraction of sp³-hybridized carbons (Fsp3) is 0.267. The third-order valence-corrected chi connectivity index (χ3v) is 5.02. The van der Waals surface area contributed by atoms with Crippen molar-refractivity contribution >= 4 is 35.0 Å². The molecule has 5 nitrogen and oxygen atoms in total. The van der Waals surface area contributed by atoms with E-state index in [4.69, 9.17) is 11.6 Å². The molecule has 1 saturated heterocycles. The Labute approximate surface area is 149 Å². The zero-order chi connectivity index (χ0) is 18.2. The highest BCUT2D eigenvalue weighted by Crippen LogP contribution is 2.35. The smallest absolute Gasteiger partial charge is 0.310 e. The fourth-order valence-electron chi connectivity index (χ4n) is 2.44. The first-order chi connectivity index (χ1) is 11.8. The molecule has 10 heteroatoms. The Bertz CT molecular complexity index is 872. The summed E-state index contributed by atoms with van der Waals surface area (Å²) >= 11 is 6.89. The van der Waals surface area contributed by atoms with Crippen molar-refractivity contribution in [3.8, 4) is 0 Å². The largest absolute Gasteiger partial charge is 0.433 e. The molecule has 0 bridgehead atoms. The molecule has 1 aromatic heterocycles. The number of anilines is 1. The Morgan fingerprint density at radius 2 is 2.00 bits per heavy atom. The minimum Gasteiger partial charge on any atom is -0.310 e. The molecule has 1 aliphatic rings. The maximum Gasteiger partial charge on any atom is 0.433 e. The van der Waals surface area contributed by atoms with Gasteiger partial charge in [0.25, 0.3) is 5.56 Å². The minimum absolute atomic E-state index is 0.237. The van der Waals surface area contributed by atoms with E-state index in [1.165, 1.54) is 4.90 Å². The predicted octanol–water partition coefficient (Wildman–Crippen LogP) is 3.34. The van der Waals surface area contributed by atoms with Gasteiger partial charge in [0.1, 0.15) is 0 Å². The molecule has 2 aromatic rings. The van der Waals surface area contributed by atoms with Crippen LogP contribution in [0.15, 0.2) is 40.3 Å². The Hall–Kier alpha value is -2.00. The number of alkyl halides is 3. The van der Waals surface area contributed by atoms with Crippen LogP contribution >= 0.6 is 23.4 Å². The number of hydrogen-bond acceptors (Lipinski definition) is 4. The average Bonchev–Trinajstić information content (AvgIpc) is 2.87. The molecule has 1 unspecified atom stereocenters. The second-order valence-electron chi connectivity index (χ2n) is 5.27. The second kappa shape index (κ2) is 6.72. The molecule has 1 amide bonds. The number of thioether (sulfide) groups is 1. The molecule has 0 aliphatic carbocycles. The number of benzene rings is 1. The van der Waals surface area contributed by atoms with Gasteiger partial charge in [-0.25, -0.2) is 4.98 Å². The van der Waals surface area contributed by atoms with E-state index in [2.05, 4.69) is 9.97 Å². The summed E-state index contributed by atoms with van der Waals surface area (Å²) in [6.45, 7) is 0.378. The maximum absolute atomic E-state index is 12.8. The molecule has 1 atom stereocenters. The SMILES string of the molecule is O=C1C(Sc2nc(C(F)(F)F)cc(=O)[nH]2)CCN1c1ccccc1Cl. The lowest BCUT2D eigenvalue weighted by molar-refractivity contribution is -0.141. The van der Waals surface area contributed by atoms with Crippen LogP contribution in [0.25, 0.3) is 0 Å². The number of amides is 1. The van der Waals surface area contributed by atoms with Gasteiger partial charge in [-0.15, -0.1) is 0 Å². The van der Waals surface area contributed by atoms with Crippen molar-refractivity contribution in [1.29, 1.82) is 0 Å². The van der Waals surface area contributed by atoms with Gasteiger partial charge in [-0.2, -0.15) is 13.2 Å². The average molecular weight is 390 g/mol. The Morgan fingerprint density at radius 3 is 2.68 bits per heavy atom. The van der Waals surface area contributed by atoms with Crippen molar-refractivity contribution in [2.45, 2.75) is 23.0 Å². The van der Waals surface area contributed by atoms with Crippen molar-refractivity contribution in [3.63, 3.8) is 0 Å². The zero-order valence-corrected chi connectivity index (χ0v) is 14.1. The van der Waals surface area contributed by atoms with Crippen LogP contribution in [-0.4, -0.2) is 27.7 Å². The molecule has 1 N–H and O–H groups in total. The van der Waals surface area contributed by atoms with Crippen LogP contribution in [0.4, 0.5) is 18.9 Å². The second-order valence-corrected chi connectivity index (χ2v) is 6.87. The summed E-state index contributed by atoms with van der Waals surface area (Å²) in [7, 11) is 0. The van der Waals surface area contributed by atoms with Gasteiger partial charge in [-0.3, -0.25) is 9.59 Å². The maximum atomic E-state index is 12.8. The van der Waals surface area contributed by atoms with Crippen molar-refractivity contribution in [1.82, 2.24) is 9.97 Å². The molecular formula is C15H11ClF3N3O2S. The van der Waals surface area contributed by atoms with Crippen LogP contribution in [0.2, 0.25) is 5.02 Å². The third-order valence-electron chi connectivity index (χ3n) is 3.56. The number of aromatic amines is 1. The normalized spacial score (nSPS) is 18.0. The fourth-order valence-corrected chi connectivity index (χ4v) is 3.71.